The van der Waals surface area contributed by atoms with E-state index in [9.17, 15) is 0 Å². The molecule has 1 N–H and O–H groups in total. The summed E-state index contributed by atoms with van der Waals surface area (Å²) in [5.41, 5.74) is 1.30. The van der Waals surface area contributed by atoms with Crippen molar-refractivity contribution in [3.63, 3.8) is 0 Å². The Morgan fingerprint density at radius 1 is 1.38 bits per heavy atom. The molecule has 0 saturated heterocycles. The van der Waals surface area contributed by atoms with Crippen LogP contribution in [-0.4, -0.2) is 6.54 Å². The third kappa shape index (κ3) is 3.23. The first-order valence-corrected chi connectivity index (χ1v) is 5.14. The lowest BCUT2D eigenvalue weighted by atomic mass is 10.2. The molecule has 0 atom stereocenters. The fourth-order valence-electron chi connectivity index (χ4n) is 1.36. The summed E-state index contributed by atoms with van der Waals surface area (Å²) in [6, 6.07) is 2.05. The smallest absolute Gasteiger partial charge is 0.107 e. The molecule has 0 aliphatic rings. The standard InChI is InChI=1S/C11H19NO/c1-3-5-7-12-9-10-6-8-13-11(10)4-2/h6,8,12H,3-5,7,9H2,1-2H3. The second-order valence-corrected chi connectivity index (χ2v) is 3.25. The Bertz CT molecular complexity index is 230. The van der Waals surface area contributed by atoms with Crippen molar-refractivity contribution in [1.82, 2.24) is 5.32 Å². The maximum atomic E-state index is 5.33. The van der Waals surface area contributed by atoms with Gasteiger partial charge in [-0.15, -0.1) is 0 Å². The minimum Gasteiger partial charge on any atom is -0.469 e. The van der Waals surface area contributed by atoms with Gasteiger partial charge in [-0.1, -0.05) is 20.3 Å². The highest BCUT2D eigenvalue weighted by atomic mass is 16.3. The minimum atomic E-state index is 0.944. The first kappa shape index (κ1) is 10.3. The maximum absolute atomic E-state index is 5.33. The fourth-order valence-corrected chi connectivity index (χ4v) is 1.36. The highest BCUT2D eigenvalue weighted by Gasteiger charge is 2.02. The third-order valence-corrected chi connectivity index (χ3v) is 2.18. The molecular weight excluding hydrogens is 162 g/mol. The number of hydrogen-bond acceptors (Lipinski definition) is 2. The van der Waals surface area contributed by atoms with Crippen LogP contribution in [0.15, 0.2) is 16.7 Å². The van der Waals surface area contributed by atoms with E-state index in [1.807, 2.05) is 0 Å². The zero-order valence-corrected chi connectivity index (χ0v) is 8.60. The SMILES string of the molecule is CCCCNCc1ccoc1CC. The van der Waals surface area contributed by atoms with Gasteiger partial charge in [-0.3, -0.25) is 0 Å². The van der Waals surface area contributed by atoms with Gasteiger partial charge in [0.05, 0.1) is 6.26 Å². The van der Waals surface area contributed by atoms with Crippen LogP contribution in [-0.2, 0) is 13.0 Å². The summed E-state index contributed by atoms with van der Waals surface area (Å²) in [6.07, 6.45) is 5.26. The summed E-state index contributed by atoms with van der Waals surface area (Å²) < 4.78 is 5.33. The van der Waals surface area contributed by atoms with Crippen LogP contribution in [0.3, 0.4) is 0 Å². The Morgan fingerprint density at radius 2 is 2.23 bits per heavy atom. The largest absolute Gasteiger partial charge is 0.469 e. The average Bonchev–Trinajstić information content (AvgIpc) is 2.60. The lowest BCUT2D eigenvalue weighted by Crippen LogP contribution is -2.14. The predicted octanol–water partition coefficient (Wildman–Crippen LogP) is 2.73. The number of hydrogen-bond donors (Lipinski definition) is 1. The van der Waals surface area contributed by atoms with Crippen LogP contribution in [0, 0.1) is 0 Å². The molecule has 0 fully saturated rings. The highest BCUT2D eigenvalue weighted by Crippen LogP contribution is 2.10. The average molecular weight is 181 g/mol. The molecule has 0 aliphatic heterocycles. The van der Waals surface area contributed by atoms with Gasteiger partial charge in [0.15, 0.2) is 0 Å². The molecule has 0 unspecified atom stereocenters. The molecule has 2 heteroatoms. The Labute approximate surface area is 80.3 Å². The van der Waals surface area contributed by atoms with Crippen molar-refractivity contribution in [2.75, 3.05) is 6.54 Å². The van der Waals surface area contributed by atoms with Crippen LogP contribution in [0.25, 0.3) is 0 Å². The number of nitrogens with one attached hydrogen (secondary N) is 1. The predicted molar refractivity (Wildman–Crippen MR) is 54.7 cm³/mol. The van der Waals surface area contributed by atoms with E-state index in [2.05, 4.69) is 25.2 Å². The van der Waals surface area contributed by atoms with Crippen LogP contribution in [0.4, 0.5) is 0 Å². The van der Waals surface area contributed by atoms with Gasteiger partial charge in [0, 0.05) is 18.5 Å². The Balaban J connectivity index is 2.27. The number of unbranched alkanes of at least 4 members (excludes halogenated alkanes) is 1. The van der Waals surface area contributed by atoms with Crippen molar-refractivity contribution < 1.29 is 4.42 Å². The summed E-state index contributed by atoms with van der Waals surface area (Å²) in [7, 11) is 0. The molecule has 0 spiro atoms. The topological polar surface area (TPSA) is 25.2 Å². The van der Waals surface area contributed by atoms with Crippen molar-refractivity contribution in [3.8, 4) is 0 Å². The van der Waals surface area contributed by atoms with Crippen LogP contribution in [0.2, 0.25) is 0 Å². The quantitative estimate of drug-likeness (QED) is 0.683. The molecule has 1 rings (SSSR count). The Morgan fingerprint density at radius 3 is 2.92 bits per heavy atom. The van der Waals surface area contributed by atoms with E-state index in [0.29, 0.717) is 0 Å². The molecular formula is C11H19NO. The lowest BCUT2D eigenvalue weighted by molar-refractivity contribution is 0.507. The van der Waals surface area contributed by atoms with Gasteiger partial charge in [-0.25, -0.2) is 0 Å². The van der Waals surface area contributed by atoms with E-state index in [1.54, 1.807) is 6.26 Å². The summed E-state index contributed by atoms with van der Waals surface area (Å²) in [5, 5.41) is 3.40. The van der Waals surface area contributed by atoms with Gasteiger partial charge in [-0.2, -0.15) is 0 Å². The summed E-state index contributed by atoms with van der Waals surface area (Å²) >= 11 is 0. The molecule has 1 aromatic heterocycles. The van der Waals surface area contributed by atoms with Gasteiger partial charge in [-0.05, 0) is 19.0 Å². The number of furan rings is 1. The van der Waals surface area contributed by atoms with E-state index >= 15 is 0 Å². The molecule has 0 saturated carbocycles. The fraction of sp³-hybridized carbons (Fsp3) is 0.636. The van der Waals surface area contributed by atoms with Gasteiger partial charge in [0.2, 0.25) is 0 Å². The Kier molecular flexibility index (Phi) is 4.61. The Hall–Kier alpha value is -0.760. The van der Waals surface area contributed by atoms with E-state index in [1.165, 1.54) is 18.4 Å². The number of aryl methyl sites for hydroxylation is 1. The molecule has 1 heterocycles. The highest BCUT2D eigenvalue weighted by molar-refractivity contribution is 5.16. The van der Waals surface area contributed by atoms with Gasteiger partial charge in [0.25, 0.3) is 0 Å². The molecule has 2 nitrogen and oxygen atoms in total. The van der Waals surface area contributed by atoms with Crippen molar-refractivity contribution in [1.29, 1.82) is 0 Å². The van der Waals surface area contributed by atoms with E-state index in [4.69, 9.17) is 4.42 Å². The molecule has 0 bridgehead atoms. The van der Waals surface area contributed by atoms with E-state index in [-0.39, 0.29) is 0 Å². The number of rotatable bonds is 6. The second kappa shape index (κ2) is 5.81. The van der Waals surface area contributed by atoms with Gasteiger partial charge in [0.1, 0.15) is 5.76 Å². The van der Waals surface area contributed by atoms with E-state index in [0.717, 1.165) is 25.3 Å². The normalized spacial score (nSPS) is 10.6. The third-order valence-electron chi connectivity index (χ3n) is 2.18. The minimum absolute atomic E-state index is 0.944. The van der Waals surface area contributed by atoms with Crippen molar-refractivity contribution >= 4 is 0 Å². The monoisotopic (exact) mass is 181 g/mol. The van der Waals surface area contributed by atoms with Crippen LogP contribution in [0.5, 0.6) is 0 Å². The van der Waals surface area contributed by atoms with Gasteiger partial charge >= 0.3 is 0 Å². The summed E-state index contributed by atoms with van der Waals surface area (Å²) in [5.74, 6) is 1.11. The molecule has 0 aromatic carbocycles. The first-order chi connectivity index (χ1) is 6.38. The van der Waals surface area contributed by atoms with Crippen LogP contribution < -0.4 is 5.32 Å². The lowest BCUT2D eigenvalue weighted by Gasteiger charge is -2.02. The molecule has 1 aromatic rings. The molecule has 13 heavy (non-hydrogen) atoms. The summed E-state index contributed by atoms with van der Waals surface area (Å²) in [6.45, 7) is 6.37. The molecule has 74 valence electrons. The van der Waals surface area contributed by atoms with Crippen LogP contribution >= 0.6 is 0 Å². The van der Waals surface area contributed by atoms with Crippen molar-refractivity contribution in [2.24, 2.45) is 0 Å². The summed E-state index contributed by atoms with van der Waals surface area (Å²) in [4.78, 5) is 0. The maximum Gasteiger partial charge on any atom is 0.107 e. The zero-order valence-electron chi connectivity index (χ0n) is 8.60. The van der Waals surface area contributed by atoms with Crippen LogP contribution in [0.1, 0.15) is 38.0 Å². The molecule has 0 amide bonds. The molecule has 0 aliphatic carbocycles. The zero-order chi connectivity index (χ0) is 9.52. The van der Waals surface area contributed by atoms with Gasteiger partial charge < -0.3 is 9.73 Å². The van der Waals surface area contributed by atoms with Crippen molar-refractivity contribution in [2.45, 2.75) is 39.7 Å². The first-order valence-electron chi connectivity index (χ1n) is 5.14. The van der Waals surface area contributed by atoms with Crippen molar-refractivity contribution in [3.05, 3.63) is 23.7 Å². The molecule has 0 radical (unpaired) electrons. The van der Waals surface area contributed by atoms with E-state index < -0.39 is 0 Å². The second-order valence-electron chi connectivity index (χ2n) is 3.25.